The minimum atomic E-state index is -0.300. The lowest BCUT2D eigenvalue weighted by Crippen LogP contribution is -2.04. The van der Waals surface area contributed by atoms with E-state index in [1.807, 2.05) is 0 Å². The van der Waals surface area contributed by atoms with Crippen molar-refractivity contribution in [2.45, 2.75) is 38.0 Å². The summed E-state index contributed by atoms with van der Waals surface area (Å²) >= 11 is 5.40. The highest BCUT2D eigenvalue weighted by molar-refractivity contribution is 6.29. The molecule has 1 aliphatic carbocycles. The molecular weight excluding hydrogens is 216 g/mol. The van der Waals surface area contributed by atoms with Gasteiger partial charge in [-0.05, 0) is 12.8 Å². The van der Waals surface area contributed by atoms with Crippen LogP contribution in [0.1, 0.15) is 54.6 Å². The molecule has 0 amide bonds. The van der Waals surface area contributed by atoms with Crippen LogP contribution < -0.4 is 0 Å². The van der Waals surface area contributed by atoms with Gasteiger partial charge in [0.25, 0.3) is 5.89 Å². The van der Waals surface area contributed by atoms with E-state index in [0.717, 1.165) is 12.8 Å². The smallest absolute Gasteiger partial charge is 0.285 e. The number of halogens is 1. The fraction of sp³-hybridized carbons (Fsp3) is 0.700. The number of hydrogen-bond donors (Lipinski definition) is 0. The normalized spacial score (nSPS) is 17.9. The monoisotopic (exact) mass is 228 g/mol. The third kappa shape index (κ3) is 2.37. The second kappa shape index (κ2) is 4.75. The van der Waals surface area contributed by atoms with Crippen molar-refractivity contribution < 1.29 is 9.21 Å². The maximum absolute atomic E-state index is 11.2. The van der Waals surface area contributed by atoms with Crippen molar-refractivity contribution in [2.24, 2.45) is 0 Å². The summed E-state index contributed by atoms with van der Waals surface area (Å²) in [4.78, 5) is 11.2. The first-order chi connectivity index (χ1) is 7.31. The number of rotatable bonds is 3. The minimum absolute atomic E-state index is 0.0468. The Kier molecular flexibility index (Phi) is 3.36. The van der Waals surface area contributed by atoms with E-state index in [9.17, 15) is 4.79 Å². The summed E-state index contributed by atoms with van der Waals surface area (Å²) < 4.78 is 5.32. The third-order valence-electron chi connectivity index (χ3n) is 2.75. The zero-order valence-electron chi connectivity index (χ0n) is 8.41. The van der Waals surface area contributed by atoms with Gasteiger partial charge in [0.1, 0.15) is 0 Å². The molecule has 1 aromatic rings. The molecule has 82 valence electrons. The average Bonchev–Trinajstić information content (AvgIpc) is 2.78. The van der Waals surface area contributed by atoms with Crippen molar-refractivity contribution in [3.05, 3.63) is 11.8 Å². The van der Waals surface area contributed by atoms with Crippen molar-refractivity contribution in [1.82, 2.24) is 10.2 Å². The molecule has 1 aromatic heterocycles. The Morgan fingerprint density at radius 1 is 1.33 bits per heavy atom. The highest BCUT2D eigenvalue weighted by Gasteiger charge is 2.22. The van der Waals surface area contributed by atoms with Crippen LogP contribution in [-0.2, 0) is 0 Å². The topological polar surface area (TPSA) is 56.0 Å². The van der Waals surface area contributed by atoms with Crippen LogP contribution in [0.3, 0.4) is 0 Å². The van der Waals surface area contributed by atoms with E-state index in [0.29, 0.717) is 11.8 Å². The lowest BCUT2D eigenvalue weighted by atomic mass is 9.89. The maximum atomic E-state index is 11.2. The van der Waals surface area contributed by atoms with Crippen molar-refractivity contribution in [1.29, 1.82) is 0 Å². The van der Waals surface area contributed by atoms with Gasteiger partial charge in [-0.15, -0.1) is 21.8 Å². The zero-order chi connectivity index (χ0) is 10.7. The largest absolute Gasteiger partial charge is 0.418 e. The van der Waals surface area contributed by atoms with Gasteiger partial charge in [-0.2, -0.15) is 0 Å². The number of aromatic nitrogens is 2. The van der Waals surface area contributed by atoms with Gasteiger partial charge >= 0.3 is 0 Å². The molecule has 5 heteroatoms. The Hall–Kier alpha value is -0.900. The molecule has 0 bridgehead atoms. The Morgan fingerprint density at radius 3 is 2.73 bits per heavy atom. The molecule has 0 unspecified atom stereocenters. The van der Waals surface area contributed by atoms with Crippen LogP contribution in [-0.4, -0.2) is 21.9 Å². The average molecular weight is 229 g/mol. The first-order valence-corrected chi connectivity index (χ1v) is 5.77. The van der Waals surface area contributed by atoms with Crippen LogP contribution in [0.2, 0.25) is 0 Å². The molecule has 0 spiro atoms. The maximum Gasteiger partial charge on any atom is 0.285 e. The summed E-state index contributed by atoms with van der Waals surface area (Å²) in [6, 6.07) is 0. The predicted octanol–water partition coefficient (Wildman–Crippen LogP) is 2.54. The summed E-state index contributed by atoms with van der Waals surface area (Å²) in [6.45, 7) is 0. The number of carbonyl (C=O) groups is 1. The molecule has 1 saturated carbocycles. The molecule has 0 N–H and O–H groups in total. The molecule has 1 fully saturated rings. The summed E-state index contributed by atoms with van der Waals surface area (Å²) in [5.41, 5.74) is 0. The molecule has 1 heterocycles. The standard InChI is InChI=1S/C10H13ClN2O2/c11-6-8(14)10-13-12-9(15-10)7-4-2-1-3-5-7/h7H,1-6H2. The van der Waals surface area contributed by atoms with Crippen molar-refractivity contribution >= 4 is 17.4 Å². The third-order valence-corrected chi connectivity index (χ3v) is 3.00. The SMILES string of the molecule is O=C(CCl)c1nnc(C2CCCCC2)o1. The number of hydrogen-bond acceptors (Lipinski definition) is 4. The number of alkyl halides is 1. The molecule has 1 aliphatic rings. The lowest BCUT2D eigenvalue weighted by Gasteiger charge is -2.17. The van der Waals surface area contributed by atoms with Gasteiger partial charge in [-0.25, -0.2) is 0 Å². The van der Waals surface area contributed by atoms with Crippen LogP contribution in [0, 0.1) is 0 Å². The number of Topliss-reactive ketones (excluding diaryl/α,β-unsaturated/α-hetero) is 1. The Labute approximate surface area is 93.0 Å². The van der Waals surface area contributed by atoms with Gasteiger partial charge in [-0.3, -0.25) is 4.79 Å². The highest BCUT2D eigenvalue weighted by Crippen LogP contribution is 2.31. The van der Waals surface area contributed by atoms with E-state index in [1.165, 1.54) is 19.3 Å². The summed E-state index contributed by atoms with van der Waals surface area (Å²) in [6.07, 6.45) is 5.84. The lowest BCUT2D eigenvalue weighted by molar-refractivity contribution is 0.0981. The Morgan fingerprint density at radius 2 is 2.07 bits per heavy atom. The molecule has 15 heavy (non-hydrogen) atoms. The van der Waals surface area contributed by atoms with Gasteiger partial charge in [0, 0.05) is 5.92 Å². The predicted molar refractivity (Wildman–Crippen MR) is 55.2 cm³/mol. The van der Waals surface area contributed by atoms with Crippen LogP contribution in [0.5, 0.6) is 0 Å². The molecule has 0 aromatic carbocycles. The Bertz CT molecular complexity index is 345. The number of ketones is 1. The van der Waals surface area contributed by atoms with Crippen LogP contribution in [0.15, 0.2) is 4.42 Å². The minimum Gasteiger partial charge on any atom is -0.418 e. The van der Waals surface area contributed by atoms with E-state index in [4.69, 9.17) is 16.0 Å². The van der Waals surface area contributed by atoms with E-state index >= 15 is 0 Å². The van der Waals surface area contributed by atoms with Crippen LogP contribution >= 0.6 is 11.6 Å². The second-order valence-electron chi connectivity index (χ2n) is 3.84. The van der Waals surface area contributed by atoms with E-state index in [-0.39, 0.29) is 17.6 Å². The summed E-state index contributed by atoms with van der Waals surface area (Å²) in [5, 5.41) is 7.62. The quantitative estimate of drug-likeness (QED) is 0.589. The van der Waals surface area contributed by atoms with E-state index in [1.54, 1.807) is 0 Å². The molecule has 0 saturated heterocycles. The molecular formula is C10H13ClN2O2. The van der Waals surface area contributed by atoms with E-state index < -0.39 is 0 Å². The van der Waals surface area contributed by atoms with Gasteiger partial charge < -0.3 is 4.42 Å². The molecule has 0 atom stereocenters. The van der Waals surface area contributed by atoms with Crippen molar-refractivity contribution in [2.75, 3.05) is 5.88 Å². The number of nitrogens with zero attached hydrogens (tertiary/aromatic N) is 2. The fourth-order valence-electron chi connectivity index (χ4n) is 1.92. The zero-order valence-corrected chi connectivity index (χ0v) is 9.16. The molecule has 0 radical (unpaired) electrons. The number of carbonyl (C=O) groups excluding carboxylic acids is 1. The van der Waals surface area contributed by atoms with Crippen LogP contribution in [0.25, 0.3) is 0 Å². The molecule has 2 rings (SSSR count). The fourth-order valence-corrected chi connectivity index (χ4v) is 2.03. The second-order valence-corrected chi connectivity index (χ2v) is 4.10. The van der Waals surface area contributed by atoms with Gasteiger partial charge in [-0.1, -0.05) is 19.3 Å². The first kappa shape index (κ1) is 10.6. The Balaban J connectivity index is 2.08. The first-order valence-electron chi connectivity index (χ1n) is 5.24. The van der Waals surface area contributed by atoms with Gasteiger partial charge in [0.2, 0.25) is 11.7 Å². The summed E-state index contributed by atoms with van der Waals surface area (Å²) in [7, 11) is 0. The summed E-state index contributed by atoms with van der Waals surface area (Å²) in [5.74, 6) is 0.579. The van der Waals surface area contributed by atoms with Gasteiger partial charge in [0.15, 0.2) is 0 Å². The van der Waals surface area contributed by atoms with E-state index in [2.05, 4.69) is 10.2 Å². The van der Waals surface area contributed by atoms with Crippen molar-refractivity contribution in [3.63, 3.8) is 0 Å². The highest BCUT2D eigenvalue weighted by atomic mass is 35.5. The molecule has 4 nitrogen and oxygen atoms in total. The van der Waals surface area contributed by atoms with Crippen LogP contribution in [0.4, 0.5) is 0 Å². The molecule has 0 aliphatic heterocycles. The van der Waals surface area contributed by atoms with Crippen molar-refractivity contribution in [3.8, 4) is 0 Å². The van der Waals surface area contributed by atoms with Gasteiger partial charge in [0.05, 0.1) is 5.88 Å².